The third-order valence-corrected chi connectivity index (χ3v) is 6.02. The van der Waals surface area contributed by atoms with E-state index in [1.807, 2.05) is 6.92 Å². The molecule has 0 aliphatic carbocycles. The number of aryl methyl sites for hydroxylation is 1. The van der Waals surface area contributed by atoms with Crippen molar-refractivity contribution in [1.29, 1.82) is 0 Å². The average molecular weight is 348 g/mol. The van der Waals surface area contributed by atoms with Crippen LogP contribution in [0.3, 0.4) is 0 Å². The van der Waals surface area contributed by atoms with Crippen LogP contribution in [0, 0.1) is 6.92 Å². The van der Waals surface area contributed by atoms with Crippen LogP contribution in [0.4, 0.5) is 0 Å². The smallest absolute Gasteiger partial charge is 0.244 e. The first-order chi connectivity index (χ1) is 11.5. The van der Waals surface area contributed by atoms with Crippen LogP contribution in [0.1, 0.15) is 5.56 Å². The van der Waals surface area contributed by atoms with Crippen molar-refractivity contribution in [2.75, 3.05) is 26.2 Å². The molecule has 0 N–H and O–H groups in total. The van der Waals surface area contributed by atoms with Gasteiger partial charge in [0.2, 0.25) is 15.9 Å². The van der Waals surface area contributed by atoms with Crippen LogP contribution < -0.4 is 0 Å². The van der Waals surface area contributed by atoms with Gasteiger partial charge in [0.15, 0.2) is 0 Å². The molecule has 0 saturated carbocycles. The minimum absolute atomic E-state index is 0.0499. The summed E-state index contributed by atoms with van der Waals surface area (Å²) in [6.07, 6.45) is 3.36. The molecule has 128 valence electrons. The van der Waals surface area contributed by atoms with Gasteiger partial charge in [-0.1, -0.05) is 17.7 Å². The Balaban J connectivity index is 1.62. The minimum Gasteiger partial charge on any atom is -0.338 e. The van der Waals surface area contributed by atoms with E-state index in [4.69, 9.17) is 0 Å². The lowest BCUT2D eigenvalue weighted by Gasteiger charge is -2.34. The Morgan fingerprint density at radius 2 is 1.79 bits per heavy atom. The Hall–Kier alpha value is -2.19. The Labute approximate surface area is 141 Å². The van der Waals surface area contributed by atoms with E-state index >= 15 is 0 Å². The molecule has 1 aliphatic heterocycles. The van der Waals surface area contributed by atoms with Crippen molar-refractivity contribution in [2.45, 2.75) is 18.4 Å². The van der Waals surface area contributed by atoms with Crippen molar-refractivity contribution in [1.82, 2.24) is 19.0 Å². The standard InChI is InChI=1S/C16H20N4O3S/c1-14-3-5-15(6-4-14)24(22,23)20-11-9-18(10-12-20)16(21)13-19-8-2-7-17-19/h2-8H,9-13H2,1H3. The lowest BCUT2D eigenvalue weighted by atomic mass is 10.2. The minimum atomic E-state index is -3.50. The van der Waals surface area contributed by atoms with Crippen molar-refractivity contribution in [3.8, 4) is 0 Å². The van der Waals surface area contributed by atoms with E-state index in [0.29, 0.717) is 31.1 Å². The highest BCUT2D eigenvalue weighted by Crippen LogP contribution is 2.18. The van der Waals surface area contributed by atoms with E-state index in [0.717, 1.165) is 5.56 Å². The summed E-state index contributed by atoms with van der Waals surface area (Å²) in [5.41, 5.74) is 1.02. The quantitative estimate of drug-likeness (QED) is 0.816. The Bertz CT molecular complexity index is 792. The summed E-state index contributed by atoms with van der Waals surface area (Å²) in [6, 6.07) is 8.59. The van der Waals surface area contributed by atoms with Gasteiger partial charge < -0.3 is 4.90 Å². The van der Waals surface area contributed by atoms with Crippen LogP contribution in [0.15, 0.2) is 47.6 Å². The fraction of sp³-hybridized carbons (Fsp3) is 0.375. The van der Waals surface area contributed by atoms with Gasteiger partial charge in [0.25, 0.3) is 0 Å². The number of rotatable bonds is 4. The van der Waals surface area contributed by atoms with Gasteiger partial charge in [0.05, 0.1) is 4.90 Å². The molecule has 1 aliphatic rings. The summed E-state index contributed by atoms with van der Waals surface area (Å²) in [4.78, 5) is 14.2. The molecule has 0 unspecified atom stereocenters. The summed E-state index contributed by atoms with van der Waals surface area (Å²) in [7, 11) is -3.50. The number of sulfonamides is 1. The zero-order valence-corrected chi connectivity index (χ0v) is 14.3. The molecule has 3 rings (SSSR count). The topological polar surface area (TPSA) is 75.5 Å². The highest BCUT2D eigenvalue weighted by molar-refractivity contribution is 7.89. The second-order valence-electron chi connectivity index (χ2n) is 5.80. The first-order valence-corrected chi connectivity index (χ1v) is 9.23. The monoisotopic (exact) mass is 348 g/mol. The van der Waals surface area contributed by atoms with Gasteiger partial charge in [-0.05, 0) is 25.1 Å². The summed E-state index contributed by atoms with van der Waals surface area (Å²) < 4.78 is 28.3. The molecule has 1 amide bonds. The molecular weight excluding hydrogens is 328 g/mol. The van der Waals surface area contributed by atoms with Crippen molar-refractivity contribution in [3.63, 3.8) is 0 Å². The number of hydrogen-bond acceptors (Lipinski definition) is 4. The second kappa shape index (κ2) is 6.74. The zero-order valence-electron chi connectivity index (χ0n) is 13.5. The lowest BCUT2D eigenvalue weighted by molar-refractivity contribution is -0.133. The molecule has 8 heteroatoms. The number of benzene rings is 1. The average Bonchev–Trinajstić information content (AvgIpc) is 3.08. The molecule has 0 bridgehead atoms. The molecule has 1 fully saturated rings. The van der Waals surface area contributed by atoms with Crippen molar-refractivity contribution in [3.05, 3.63) is 48.3 Å². The predicted octanol–water partition coefficient (Wildman–Crippen LogP) is 0.725. The molecule has 0 radical (unpaired) electrons. The number of carbonyl (C=O) groups excluding carboxylic acids is 1. The van der Waals surface area contributed by atoms with Gasteiger partial charge in [-0.2, -0.15) is 9.40 Å². The fourth-order valence-corrected chi connectivity index (χ4v) is 4.09. The van der Waals surface area contributed by atoms with Crippen LogP contribution in [0.5, 0.6) is 0 Å². The Morgan fingerprint density at radius 1 is 1.12 bits per heavy atom. The zero-order chi connectivity index (χ0) is 17.2. The van der Waals surface area contributed by atoms with Crippen LogP contribution in [0.25, 0.3) is 0 Å². The molecule has 2 aromatic rings. The largest absolute Gasteiger partial charge is 0.338 e. The number of amides is 1. The van der Waals surface area contributed by atoms with E-state index in [-0.39, 0.29) is 12.5 Å². The van der Waals surface area contributed by atoms with Crippen LogP contribution in [-0.2, 0) is 21.4 Å². The van der Waals surface area contributed by atoms with Gasteiger partial charge in [0, 0.05) is 38.6 Å². The molecular formula is C16H20N4O3S. The van der Waals surface area contributed by atoms with E-state index < -0.39 is 10.0 Å². The maximum absolute atomic E-state index is 12.6. The maximum Gasteiger partial charge on any atom is 0.244 e. The lowest BCUT2D eigenvalue weighted by Crippen LogP contribution is -2.51. The van der Waals surface area contributed by atoms with Crippen molar-refractivity contribution < 1.29 is 13.2 Å². The van der Waals surface area contributed by atoms with Gasteiger partial charge in [-0.25, -0.2) is 8.42 Å². The third kappa shape index (κ3) is 3.49. The predicted molar refractivity (Wildman–Crippen MR) is 88.7 cm³/mol. The molecule has 2 heterocycles. The highest BCUT2D eigenvalue weighted by atomic mass is 32.2. The Kier molecular flexibility index (Phi) is 4.68. The van der Waals surface area contributed by atoms with E-state index in [1.54, 1.807) is 52.3 Å². The number of aromatic nitrogens is 2. The van der Waals surface area contributed by atoms with Crippen LogP contribution in [-0.4, -0.2) is 59.5 Å². The highest BCUT2D eigenvalue weighted by Gasteiger charge is 2.30. The van der Waals surface area contributed by atoms with Crippen LogP contribution >= 0.6 is 0 Å². The maximum atomic E-state index is 12.6. The number of nitrogens with zero attached hydrogens (tertiary/aromatic N) is 4. The molecule has 1 aromatic carbocycles. The van der Waals surface area contributed by atoms with Crippen molar-refractivity contribution in [2.24, 2.45) is 0 Å². The van der Waals surface area contributed by atoms with Crippen LogP contribution in [0.2, 0.25) is 0 Å². The normalized spacial score (nSPS) is 16.3. The Morgan fingerprint density at radius 3 is 2.38 bits per heavy atom. The molecule has 24 heavy (non-hydrogen) atoms. The summed E-state index contributed by atoms with van der Waals surface area (Å²) in [6.45, 7) is 3.50. The van der Waals surface area contributed by atoms with E-state index in [2.05, 4.69) is 5.10 Å². The fourth-order valence-electron chi connectivity index (χ4n) is 2.67. The van der Waals surface area contributed by atoms with Gasteiger partial charge in [-0.15, -0.1) is 0 Å². The third-order valence-electron chi connectivity index (χ3n) is 4.11. The molecule has 0 spiro atoms. The SMILES string of the molecule is Cc1ccc(S(=O)(=O)N2CCN(C(=O)Cn3cccn3)CC2)cc1. The number of piperazine rings is 1. The van der Waals surface area contributed by atoms with E-state index in [1.165, 1.54) is 4.31 Å². The van der Waals surface area contributed by atoms with Gasteiger partial charge in [-0.3, -0.25) is 9.48 Å². The summed E-state index contributed by atoms with van der Waals surface area (Å²) in [5.74, 6) is -0.0499. The van der Waals surface area contributed by atoms with Crippen molar-refractivity contribution >= 4 is 15.9 Å². The number of carbonyl (C=O) groups is 1. The van der Waals surface area contributed by atoms with Gasteiger partial charge in [0.1, 0.15) is 6.54 Å². The first kappa shape index (κ1) is 16.7. The first-order valence-electron chi connectivity index (χ1n) is 7.79. The van der Waals surface area contributed by atoms with E-state index in [9.17, 15) is 13.2 Å². The van der Waals surface area contributed by atoms with Gasteiger partial charge >= 0.3 is 0 Å². The molecule has 1 aromatic heterocycles. The number of hydrogen-bond donors (Lipinski definition) is 0. The molecule has 1 saturated heterocycles. The molecule has 0 atom stereocenters. The summed E-state index contributed by atoms with van der Waals surface area (Å²) in [5, 5.41) is 4.01. The molecule has 7 nitrogen and oxygen atoms in total. The summed E-state index contributed by atoms with van der Waals surface area (Å²) >= 11 is 0. The second-order valence-corrected chi connectivity index (χ2v) is 7.74.